The van der Waals surface area contributed by atoms with Crippen LogP contribution in [0.2, 0.25) is 0 Å². The first-order valence-electron chi connectivity index (χ1n) is 10.3. The summed E-state index contributed by atoms with van der Waals surface area (Å²) in [5.74, 6) is -4.96. The van der Waals surface area contributed by atoms with Gasteiger partial charge in [-0.3, -0.25) is 14.7 Å². The van der Waals surface area contributed by atoms with Gasteiger partial charge in [0.05, 0.1) is 30.0 Å². The Hall–Kier alpha value is -3.95. The van der Waals surface area contributed by atoms with E-state index in [2.05, 4.69) is 10.3 Å². The van der Waals surface area contributed by atoms with E-state index in [1.165, 1.54) is 6.92 Å². The molecule has 1 aliphatic heterocycles. The predicted molar refractivity (Wildman–Crippen MR) is 115 cm³/mol. The maximum Gasteiger partial charge on any atom is 0.416 e. The number of fused-ring (bicyclic) bond motifs is 1. The quantitative estimate of drug-likeness (QED) is 0.526. The molecule has 3 aromatic rings. The third-order valence-corrected chi connectivity index (χ3v) is 5.47. The standard InChI is InChI=1S/C24H19F4N3O3.H2/c1-13(22-18(27)10-15(25)11-29-22)30-23(32)19(9-14-5-3-2-4-6-14)31-12-16-20(34-24(31)33)8-7-17(26)21(16)28;/h2-8,10-11,13,19H,9,12H2,1H3,(H,30,32);1H/t13-,19+;/m1./s1. The molecule has 2 heterocycles. The maximum absolute atomic E-state index is 14.4. The zero-order valence-electron chi connectivity index (χ0n) is 17.9. The van der Waals surface area contributed by atoms with Crippen molar-refractivity contribution >= 4 is 12.0 Å². The average Bonchev–Trinajstić information content (AvgIpc) is 2.80. The van der Waals surface area contributed by atoms with Gasteiger partial charge in [-0.05, 0) is 24.6 Å². The third-order valence-electron chi connectivity index (χ3n) is 5.47. The number of hydrogen-bond donors (Lipinski definition) is 1. The summed E-state index contributed by atoms with van der Waals surface area (Å²) < 4.78 is 60.7. The summed E-state index contributed by atoms with van der Waals surface area (Å²) in [7, 11) is 0. The first-order chi connectivity index (χ1) is 16.2. The molecule has 0 saturated carbocycles. The molecule has 4 rings (SSSR count). The number of nitrogens with one attached hydrogen (secondary N) is 1. The largest absolute Gasteiger partial charge is 0.416 e. The summed E-state index contributed by atoms with van der Waals surface area (Å²) in [6.45, 7) is 1.03. The van der Waals surface area contributed by atoms with Crippen molar-refractivity contribution in [3.8, 4) is 5.75 Å². The van der Waals surface area contributed by atoms with E-state index in [1.807, 2.05) is 0 Å². The lowest BCUT2D eigenvalue weighted by atomic mass is 10.0. The Kier molecular flexibility index (Phi) is 6.49. The van der Waals surface area contributed by atoms with E-state index in [0.29, 0.717) is 11.6 Å². The molecule has 0 spiro atoms. The number of ether oxygens (including phenoxy) is 1. The van der Waals surface area contributed by atoms with Gasteiger partial charge in [0, 0.05) is 13.9 Å². The van der Waals surface area contributed by atoms with E-state index in [4.69, 9.17) is 4.74 Å². The Labute approximate surface area is 193 Å². The summed E-state index contributed by atoms with van der Waals surface area (Å²) in [5, 5.41) is 2.56. The molecule has 6 nitrogen and oxygen atoms in total. The first-order valence-corrected chi connectivity index (χ1v) is 10.3. The Morgan fingerprint density at radius 1 is 1.15 bits per heavy atom. The van der Waals surface area contributed by atoms with Crippen LogP contribution >= 0.6 is 0 Å². The van der Waals surface area contributed by atoms with E-state index >= 15 is 0 Å². The van der Waals surface area contributed by atoms with Gasteiger partial charge in [0.25, 0.3) is 0 Å². The molecular weight excluding hydrogens is 454 g/mol. The van der Waals surface area contributed by atoms with E-state index in [0.717, 1.165) is 23.2 Å². The fourth-order valence-corrected chi connectivity index (χ4v) is 3.75. The van der Waals surface area contributed by atoms with Gasteiger partial charge in [-0.25, -0.2) is 22.4 Å². The van der Waals surface area contributed by atoms with Crippen LogP contribution in [0.15, 0.2) is 54.7 Å². The van der Waals surface area contributed by atoms with Crippen molar-refractivity contribution in [3.05, 3.63) is 94.8 Å². The molecule has 0 bridgehead atoms. The zero-order chi connectivity index (χ0) is 24.4. The highest BCUT2D eigenvalue weighted by atomic mass is 19.2. The molecule has 10 heteroatoms. The van der Waals surface area contributed by atoms with Gasteiger partial charge in [0.2, 0.25) is 5.91 Å². The first kappa shape index (κ1) is 23.2. The highest BCUT2D eigenvalue weighted by molar-refractivity contribution is 5.87. The molecule has 2 aromatic carbocycles. The van der Waals surface area contributed by atoms with Crippen LogP contribution in [0.25, 0.3) is 0 Å². The van der Waals surface area contributed by atoms with Crippen LogP contribution in [0.1, 0.15) is 31.2 Å². The number of carbonyl (C=O) groups is 2. The predicted octanol–water partition coefficient (Wildman–Crippen LogP) is 4.69. The van der Waals surface area contributed by atoms with Gasteiger partial charge >= 0.3 is 6.09 Å². The van der Waals surface area contributed by atoms with Gasteiger partial charge in [-0.1, -0.05) is 30.3 Å². The van der Waals surface area contributed by atoms with Crippen LogP contribution in [0, 0.1) is 23.3 Å². The van der Waals surface area contributed by atoms with Crippen LogP contribution in [0.5, 0.6) is 5.75 Å². The number of benzene rings is 2. The van der Waals surface area contributed by atoms with E-state index < -0.39 is 53.9 Å². The van der Waals surface area contributed by atoms with Crippen molar-refractivity contribution in [2.24, 2.45) is 0 Å². The maximum atomic E-state index is 14.4. The number of carbonyl (C=O) groups excluding carboxylic acids is 2. The van der Waals surface area contributed by atoms with Gasteiger partial charge < -0.3 is 10.1 Å². The normalized spacial score (nSPS) is 14.7. The van der Waals surface area contributed by atoms with Gasteiger partial charge in [0.15, 0.2) is 11.6 Å². The Balaban J connectivity index is 0.00000342. The van der Waals surface area contributed by atoms with Crippen LogP contribution in [0.4, 0.5) is 22.4 Å². The fourth-order valence-electron chi connectivity index (χ4n) is 3.75. The number of amides is 2. The molecule has 2 amide bonds. The van der Waals surface area contributed by atoms with Crippen molar-refractivity contribution in [2.45, 2.75) is 32.0 Å². The molecule has 2 atom stereocenters. The smallest absolute Gasteiger partial charge is 0.410 e. The minimum Gasteiger partial charge on any atom is -0.410 e. The van der Waals surface area contributed by atoms with Crippen LogP contribution in [-0.2, 0) is 17.8 Å². The molecular formula is C24H21F4N3O3. The summed E-state index contributed by atoms with van der Waals surface area (Å²) in [5.41, 5.74) is 0.275. The summed E-state index contributed by atoms with van der Waals surface area (Å²) >= 11 is 0. The lowest BCUT2D eigenvalue weighted by Gasteiger charge is -2.34. The second-order valence-electron chi connectivity index (χ2n) is 7.79. The van der Waals surface area contributed by atoms with E-state index in [-0.39, 0.29) is 24.9 Å². The van der Waals surface area contributed by atoms with Gasteiger partial charge in [-0.2, -0.15) is 0 Å². The lowest BCUT2D eigenvalue weighted by Crippen LogP contribution is -2.53. The van der Waals surface area contributed by atoms with Crippen molar-refractivity contribution < 1.29 is 33.3 Å². The molecule has 178 valence electrons. The fraction of sp³-hybridized carbons (Fsp3) is 0.208. The van der Waals surface area contributed by atoms with Crippen molar-refractivity contribution in [2.75, 3.05) is 0 Å². The topological polar surface area (TPSA) is 71.5 Å². The molecule has 0 saturated heterocycles. The lowest BCUT2D eigenvalue weighted by molar-refractivity contribution is -0.126. The Morgan fingerprint density at radius 3 is 2.59 bits per heavy atom. The number of rotatable bonds is 6. The van der Waals surface area contributed by atoms with E-state index in [9.17, 15) is 27.2 Å². The zero-order valence-corrected chi connectivity index (χ0v) is 17.9. The number of halogens is 4. The van der Waals surface area contributed by atoms with Crippen LogP contribution in [-0.4, -0.2) is 27.9 Å². The highest BCUT2D eigenvalue weighted by Crippen LogP contribution is 2.31. The highest BCUT2D eigenvalue weighted by Gasteiger charge is 2.37. The SMILES string of the molecule is C[C@@H](NC(=O)[C@H](Cc1ccccc1)N1Cc2c(ccc(F)c2F)OC1=O)c1ncc(F)cc1F.[HH]. The second kappa shape index (κ2) is 9.50. The van der Waals surface area contributed by atoms with Crippen molar-refractivity contribution in [3.63, 3.8) is 0 Å². The van der Waals surface area contributed by atoms with E-state index in [1.54, 1.807) is 30.3 Å². The van der Waals surface area contributed by atoms with Crippen molar-refractivity contribution in [1.82, 2.24) is 15.2 Å². The molecule has 1 N–H and O–H groups in total. The second-order valence-corrected chi connectivity index (χ2v) is 7.79. The summed E-state index contributed by atoms with van der Waals surface area (Å²) in [4.78, 5) is 30.7. The molecule has 0 aliphatic carbocycles. The molecule has 1 aliphatic rings. The molecule has 1 aromatic heterocycles. The summed E-state index contributed by atoms with van der Waals surface area (Å²) in [6, 6.07) is 9.15. The summed E-state index contributed by atoms with van der Waals surface area (Å²) in [6.07, 6.45) is -0.0906. The average molecular weight is 475 g/mol. The number of hydrogen-bond acceptors (Lipinski definition) is 4. The Bertz CT molecular complexity index is 1250. The molecule has 34 heavy (non-hydrogen) atoms. The number of aromatic nitrogens is 1. The third kappa shape index (κ3) is 4.70. The number of nitrogens with zero attached hydrogens (tertiary/aromatic N) is 2. The molecule has 0 unspecified atom stereocenters. The van der Waals surface area contributed by atoms with Gasteiger partial charge in [0.1, 0.15) is 23.4 Å². The minimum atomic E-state index is -1.21. The van der Waals surface area contributed by atoms with Crippen LogP contribution < -0.4 is 10.1 Å². The number of pyridine rings is 1. The monoisotopic (exact) mass is 475 g/mol. The molecule has 0 fully saturated rings. The van der Waals surface area contributed by atoms with Gasteiger partial charge in [-0.15, -0.1) is 0 Å². The molecule has 0 radical (unpaired) electrons. The van der Waals surface area contributed by atoms with Crippen LogP contribution in [0.3, 0.4) is 0 Å². The minimum absolute atomic E-state index is 0. The van der Waals surface area contributed by atoms with Crippen molar-refractivity contribution in [1.29, 1.82) is 0 Å². The Morgan fingerprint density at radius 2 is 1.88 bits per heavy atom.